The molecule has 3 atom stereocenters. The van der Waals surface area contributed by atoms with Gasteiger partial charge in [-0.05, 0) is 42.2 Å². The first-order valence-electron chi connectivity index (χ1n) is 13.1. The Morgan fingerprint density at radius 2 is 1.61 bits per heavy atom. The number of imidazole rings is 2. The van der Waals surface area contributed by atoms with E-state index in [9.17, 15) is 4.79 Å². The number of hydrogen-bond acceptors (Lipinski definition) is 3. The number of amides is 1. The quantitative estimate of drug-likeness (QED) is 0.326. The molecule has 1 saturated heterocycles. The summed E-state index contributed by atoms with van der Waals surface area (Å²) in [7, 11) is 0. The van der Waals surface area contributed by atoms with Gasteiger partial charge in [-0.25, -0.2) is 9.97 Å². The molecule has 184 valence electrons. The van der Waals surface area contributed by atoms with Crippen molar-refractivity contribution in [2.75, 3.05) is 0 Å². The van der Waals surface area contributed by atoms with E-state index in [-0.39, 0.29) is 11.9 Å². The van der Waals surface area contributed by atoms with E-state index in [1.54, 1.807) is 6.33 Å². The zero-order valence-corrected chi connectivity index (χ0v) is 20.9. The van der Waals surface area contributed by atoms with Gasteiger partial charge in [0.05, 0.1) is 23.8 Å². The van der Waals surface area contributed by atoms with Gasteiger partial charge in [-0.2, -0.15) is 0 Å². The van der Waals surface area contributed by atoms with Gasteiger partial charge in [0.15, 0.2) is 0 Å². The van der Waals surface area contributed by atoms with E-state index in [1.807, 2.05) is 12.4 Å². The first kappa shape index (κ1) is 22.8. The number of aromatic amines is 2. The Labute approximate surface area is 212 Å². The molecule has 2 aromatic carbocycles. The highest BCUT2D eigenvalue weighted by molar-refractivity contribution is 5.78. The van der Waals surface area contributed by atoms with Crippen LogP contribution < -0.4 is 0 Å². The highest BCUT2D eigenvalue weighted by Gasteiger charge is 2.47. The summed E-state index contributed by atoms with van der Waals surface area (Å²) in [4.78, 5) is 31.1. The second-order valence-electron chi connectivity index (χ2n) is 10.7. The second kappa shape index (κ2) is 9.41. The van der Waals surface area contributed by atoms with Gasteiger partial charge >= 0.3 is 0 Å². The van der Waals surface area contributed by atoms with Crippen molar-refractivity contribution in [1.29, 1.82) is 0 Å². The molecule has 36 heavy (non-hydrogen) atoms. The molecule has 4 aromatic rings. The van der Waals surface area contributed by atoms with Gasteiger partial charge in [0, 0.05) is 36.0 Å². The van der Waals surface area contributed by atoms with Crippen LogP contribution in [0, 0.1) is 11.8 Å². The fourth-order valence-corrected chi connectivity index (χ4v) is 6.09. The van der Waals surface area contributed by atoms with Crippen molar-refractivity contribution in [2.45, 2.75) is 58.0 Å². The molecule has 0 unspecified atom stereocenters. The van der Waals surface area contributed by atoms with Gasteiger partial charge in [0.2, 0.25) is 5.91 Å². The summed E-state index contributed by atoms with van der Waals surface area (Å²) in [5.74, 6) is 2.18. The van der Waals surface area contributed by atoms with Crippen molar-refractivity contribution in [3.63, 3.8) is 0 Å². The molecule has 2 aromatic heterocycles. The predicted molar refractivity (Wildman–Crippen MR) is 142 cm³/mol. The molecular formula is C30H33N5O. The summed E-state index contributed by atoms with van der Waals surface area (Å²) in [5.41, 5.74) is 6.38. The van der Waals surface area contributed by atoms with E-state index in [0.29, 0.717) is 24.3 Å². The van der Waals surface area contributed by atoms with Crippen LogP contribution in [-0.2, 0) is 4.79 Å². The third-order valence-corrected chi connectivity index (χ3v) is 7.82. The van der Waals surface area contributed by atoms with E-state index in [1.165, 1.54) is 18.4 Å². The number of nitrogens with zero attached hydrogens (tertiary/aromatic N) is 3. The molecule has 2 aliphatic rings. The van der Waals surface area contributed by atoms with Gasteiger partial charge in [-0.1, -0.05) is 68.8 Å². The highest BCUT2D eigenvalue weighted by Crippen LogP contribution is 2.47. The predicted octanol–water partition coefficient (Wildman–Crippen LogP) is 6.62. The van der Waals surface area contributed by atoms with Gasteiger partial charge in [0.25, 0.3) is 0 Å². The minimum atomic E-state index is 0.0626. The van der Waals surface area contributed by atoms with E-state index in [2.05, 4.69) is 82.2 Å². The van der Waals surface area contributed by atoms with Crippen molar-refractivity contribution >= 4 is 5.91 Å². The fourth-order valence-electron chi connectivity index (χ4n) is 6.09. The molecule has 6 rings (SSSR count). The Morgan fingerprint density at radius 3 is 2.25 bits per heavy atom. The van der Waals surface area contributed by atoms with Crippen LogP contribution in [0.4, 0.5) is 0 Å². The van der Waals surface area contributed by atoms with E-state index >= 15 is 0 Å². The molecule has 1 saturated carbocycles. The number of benzene rings is 2. The molecule has 0 radical (unpaired) electrons. The molecule has 1 amide bonds. The largest absolute Gasteiger partial charge is 0.351 e. The number of carbonyl (C=O) groups is 1. The Bertz CT molecular complexity index is 1320. The summed E-state index contributed by atoms with van der Waals surface area (Å²) < 4.78 is 0. The zero-order valence-electron chi connectivity index (χ0n) is 20.9. The van der Waals surface area contributed by atoms with Gasteiger partial charge < -0.3 is 14.9 Å². The van der Waals surface area contributed by atoms with Crippen molar-refractivity contribution in [2.24, 2.45) is 11.8 Å². The third kappa shape index (κ3) is 4.25. The number of nitrogens with one attached hydrogen (secondary N) is 2. The number of fused-ring (bicyclic) bond motifs is 1. The SMILES string of the molecule is CC(C)CC(=O)N1[C@@H]2CCC[C@@H]2C[C@H]1c1nc(-c2ccc(-c3ccc(-c4c[nH]cn4)cc3)cc2)c[nH]1. The Morgan fingerprint density at radius 1 is 0.944 bits per heavy atom. The van der Waals surface area contributed by atoms with Crippen LogP contribution in [0.2, 0.25) is 0 Å². The van der Waals surface area contributed by atoms with E-state index in [4.69, 9.17) is 4.98 Å². The molecule has 6 heteroatoms. The summed E-state index contributed by atoms with van der Waals surface area (Å²) in [6.07, 6.45) is 10.8. The normalized spacial score (nSPS) is 21.3. The first-order valence-corrected chi connectivity index (χ1v) is 13.1. The maximum absolute atomic E-state index is 13.2. The molecule has 0 bridgehead atoms. The van der Waals surface area contributed by atoms with E-state index in [0.717, 1.165) is 46.7 Å². The van der Waals surface area contributed by atoms with Crippen LogP contribution in [0.15, 0.2) is 67.3 Å². The lowest BCUT2D eigenvalue weighted by atomic mass is 10.0. The average Bonchev–Trinajstić information content (AvgIpc) is 3.68. The van der Waals surface area contributed by atoms with Gasteiger partial charge in [-0.3, -0.25) is 4.79 Å². The number of likely N-dealkylation sites (tertiary alicyclic amines) is 1. The Balaban J connectivity index is 1.20. The van der Waals surface area contributed by atoms with E-state index < -0.39 is 0 Å². The Hall–Kier alpha value is -3.67. The summed E-state index contributed by atoms with van der Waals surface area (Å²) in [5, 5.41) is 0. The lowest BCUT2D eigenvalue weighted by Gasteiger charge is -2.29. The fraction of sp³-hybridized carbons (Fsp3) is 0.367. The maximum atomic E-state index is 13.2. The Kier molecular flexibility index (Phi) is 5.96. The lowest BCUT2D eigenvalue weighted by Crippen LogP contribution is -2.38. The molecule has 3 heterocycles. The van der Waals surface area contributed by atoms with Crippen LogP contribution in [0.1, 0.15) is 57.8 Å². The van der Waals surface area contributed by atoms with Crippen LogP contribution in [0.3, 0.4) is 0 Å². The van der Waals surface area contributed by atoms with Crippen LogP contribution in [-0.4, -0.2) is 36.8 Å². The minimum absolute atomic E-state index is 0.0626. The first-order chi connectivity index (χ1) is 17.6. The molecule has 6 nitrogen and oxygen atoms in total. The monoisotopic (exact) mass is 479 g/mol. The standard InChI is InChI=1S/C30H33N5O/c1-19(2)14-29(36)35-27-5-3-4-24(27)15-28(35)30-32-17-26(34-30)23-12-8-21(9-13-23)20-6-10-22(11-7-20)25-16-31-18-33-25/h6-13,16-19,24,27-28H,3-5,14-15H2,1-2H3,(H,31,33)(H,32,34)/t24-,27-,28+/m1/s1. The summed E-state index contributed by atoms with van der Waals surface area (Å²) >= 11 is 0. The molecule has 1 aliphatic heterocycles. The second-order valence-corrected chi connectivity index (χ2v) is 10.7. The van der Waals surface area contributed by atoms with Gasteiger partial charge in [-0.15, -0.1) is 0 Å². The van der Waals surface area contributed by atoms with Crippen molar-refractivity contribution in [1.82, 2.24) is 24.8 Å². The van der Waals surface area contributed by atoms with Crippen molar-refractivity contribution in [3.05, 3.63) is 73.1 Å². The van der Waals surface area contributed by atoms with Crippen LogP contribution in [0.5, 0.6) is 0 Å². The van der Waals surface area contributed by atoms with Crippen molar-refractivity contribution < 1.29 is 4.79 Å². The minimum Gasteiger partial charge on any atom is -0.351 e. The number of hydrogen-bond donors (Lipinski definition) is 2. The molecule has 0 spiro atoms. The van der Waals surface area contributed by atoms with Crippen LogP contribution >= 0.6 is 0 Å². The summed E-state index contributed by atoms with van der Waals surface area (Å²) in [6, 6.07) is 17.4. The molecule has 1 aliphatic carbocycles. The van der Waals surface area contributed by atoms with Crippen LogP contribution in [0.25, 0.3) is 33.6 Å². The smallest absolute Gasteiger partial charge is 0.223 e. The van der Waals surface area contributed by atoms with Gasteiger partial charge in [0.1, 0.15) is 5.82 Å². The zero-order chi connectivity index (χ0) is 24.6. The third-order valence-electron chi connectivity index (χ3n) is 7.82. The molecule has 2 N–H and O–H groups in total. The summed E-state index contributed by atoms with van der Waals surface area (Å²) in [6.45, 7) is 4.24. The topological polar surface area (TPSA) is 77.7 Å². The maximum Gasteiger partial charge on any atom is 0.223 e. The van der Waals surface area contributed by atoms with Crippen molar-refractivity contribution in [3.8, 4) is 33.6 Å². The highest BCUT2D eigenvalue weighted by atomic mass is 16.2. The lowest BCUT2D eigenvalue weighted by molar-refractivity contribution is -0.135. The number of carbonyl (C=O) groups excluding carboxylic acids is 1. The average molecular weight is 480 g/mol. The molecular weight excluding hydrogens is 446 g/mol. The molecule has 2 fully saturated rings. The number of aromatic nitrogens is 4. The number of rotatable bonds is 6. The number of H-pyrrole nitrogens is 2.